The van der Waals surface area contributed by atoms with E-state index in [2.05, 4.69) is 24.9 Å². The Hall–Kier alpha value is -3.00. The van der Waals surface area contributed by atoms with Gasteiger partial charge >= 0.3 is 0 Å². The van der Waals surface area contributed by atoms with Crippen LogP contribution >= 0.6 is 11.6 Å². The predicted molar refractivity (Wildman–Crippen MR) is 140 cm³/mol. The quantitative estimate of drug-likeness (QED) is 0.384. The topological polar surface area (TPSA) is 140 Å². The molecule has 12 nitrogen and oxygen atoms in total. The van der Waals surface area contributed by atoms with E-state index in [1.807, 2.05) is 13.8 Å². The van der Waals surface area contributed by atoms with Gasteiger partial charge in [-0.15, -0.1) is 10.2 Å². The van der Waals surface area contributed by atoms with Crippen molar-refractivity contribution in [1.29, 1.82) is 0 Å². The van der Waals surface area contributed by atoms with Crippen molar-refractivity contribution in [1.82, 2.24) is 24.7 Å². The third kappa shape index (κ3) is 5.55. The number of nitrogens with zero attached hydrogens (tertiary/aromatic N) is 5. The van der Waals surface area contributed by atoms with Gasteiger partial charge in [0, 0.05) is 19.5 Å². The number of para-hydroxylation sites is 1. The molecule has 206 valence electrons. The highest BCUT2D eigenvalue weighted by molar-refractivity contribution is 7.93. The fourth-order valence-electron chi connectivity index (χ4n) is 4.37. The molecular formula is C24H31ClN6O6S. The molecule has 3 atom stereocenters. The number of benzene rings is 1. The maximum atomic E-state index is 13.6. The van der Waals surface area contributed by atoms with E-state index in [4.69, 9.17) is 30.5 Å². The molecule has 1 aromatic carbocycles. The van der Waals surface area contributed by atoms with E-state index in [1.165, 1.54) is 40.6 Å². The molecule has 4 rings (SSSR count). The fourth-order valence-corrected chi connectivity index (χ4v) is 5.59. The van der Waals surface area contributed by atoms with E-state index in [0.717, 1.165) is 6.42 Å². The molecule has 0 spiro atoms. The summed E-state index contributed by atoms with van der Waals surface area (Å²) in [4.78, 5) is 8.26. The molecule has 1 fully saturated rings. The van der Waals surface area contributed by atoms with Crippen LogP contribution in [-0.4, -0.2) is 65.3 Å². The van der Waals surface area contributed by atoms with Crippen LogP contribution in [0.25, 0.3) is 5.69 Å². The number of anilines is 1. The lowest BCUT2D eigenvalue weighted by Gasteiger charge is -2.23. The number of ether oxygens (including phenoxy) is 4. The molecular weight excluding hydrogens is 536 g/mol. The van der Waals surface area contributed by atoms with Crippen molar-refractivity contribution in [2.75, 3.05) is 26.1 Å². The smallest absolute Gasteiger partial charge is 0.243 e. The highest BCUT2D eigenvalue weighted by atomic mass is 35.5. The largest absolute Gasteiger partial charge is 0.494 e. The van der Waals surface area contributed by atoms with Crippen molar-refractivity contribution in [2.24, 2.45) is 0 Å². The van der Waals surface area contributed by atoms with E-state index >= 15 is 0 Å². The molecule has 0 radical (unpaired) electrons. The Labute approximate surface area is 226 Å². The highest BCUT2D eigenvalue weighted by Crippen LogP contribution is 2.42. The van der Waals surface area contributed by atoms with Crippen molar-refractivity contribution in [3.8, 4) is 17.2 Å². The van der Waals surface area contributed by atoms with Gasteiger partial charge < -0.3 is 18.9 Å². The number of nitrogens with one attached hydrogen (secondary N) is 1. The molecule has 14 heteroatoms. The lowest BCUT2D eigenvalue weighted by atomic mass is 10.1. The summed E-state index contributed by atoms with van der Waals surface area (Å²) in [5, 5.41) is 7.76. The molecule has 1 aliphatic rings. The molecule has 3 aromatic rings. The van der Waals surface area contributed by atoms with E-state index in [-0.39, 0.29) is 17.4 Å². The number of rotatable bonds is 10. The van der Waals surface area contributed by atoms with E-state index in [1.54, 1.807) is 22.8 Å². The standard InChI is InChI=1S/C24H31ClN6O6S/c1-14(20(36-6)21-26-12-15(25)13-27-21)38(32,33)30-23-29-28-22(18-10-11-24(2,3)37-18)31(23)19-16(34-4)8-7-9-17(19)35-5/h7-9,12-14,18,20H,10-11H2,1-6H3,(H,29,30)/t14?,18-,20?/m0/s1. The first-order chi connectivity index (χ1) is 18.0. The summed E-state index contributed by atoms with van der Waals surface area (Å²) in [6.45, 7) is 5.47. The predicted octanol–water partition coefficient (Wildman–Crippen LogP) is 3.88. The second-order valence-electron chi connectivity index (χ2n) is 9.40. The normalized spacial score (nSPS) is 18.7. The van der Waals surface area contributed by atoms with Crippen LogP contribution in [0.4, 0.5) is 5.95 Å². The monoisotopic (exact) mass is 566 g/mol. The number of sulfonamides is 1. The summed E-state index contributed by atoms with van der Waals surface area (Å²) in [6, 6.07) is 5.24. The van der Waals surface area contributed by atoms with Gasteiger partial charge in [0.05, 0.1) is 24.8 Å². The van der Waals surface area contributed by atoms with Gasteiger partial charge in [-0.2, -0.15) is 0 Å². The highest BCUT2D eigenvalue weighted by Gasteiger charge is 2.39. The van der Waals surface area contributed by atoms with Gasteiger partial charge in [-0.25, -0.2) is 18.4 Å². The molecule has 1 aliphatic heterocycles. The molecule has 0 aliphatic carbocycles. The van der Waals surface area contributed by atoms with Crippen LogP contribution in [0.15, 0.2) is 30.6 Å². The minimum absolute atomic E-state index is 0.0603. The SMILES string of the molecule is COc1cccc(OC)c1-n1c(NS(=O)(=O)C(C)C(OC)c2ncc(Cl)cn2)nnc1[C@@H]1CCC(C)(C)O1. The van der Waals surface area contributed by atoms with Gasteiger partial charge in [-0.1, -0.05) is 17.7 Å². The van der Waals surface area contributed by atoms with Gasteiger partial charge in [-0.3, -0.25) is 9.29 Å². The number of methoxy groups -OCH3 is 3. The molecule has 2 aromatic heterocycles. The molecule has 1 N–H and O–H groups in total. The minimum atomic E-state index is -4.12. The molecule has 2 unspecified atom stereocenters. The molecule has 0 bridgehead atoms. The van der Waals surface area contributed by atoms with Crippen LogP contribution in [0.3, 0.4) is 0 Å². The second kappa shape index (κ2) is 11.0. The summed E-state index contributed by atoms with van der Waals surface area (Å²) < 4.78 is 54.3. The van der Waals surface area contributed by atoms with Gasteiger partial charge in [0.25, 0.3) is 0 Å². The Morgan fingerprint density at radius 1 is 1.13 bits per heavy atom. The maximum Gasteiger partial charge on any atom is 0.243 e. The number of hydrogen-bond acceptors (Lipinski definition) is 10. The van der Waals surface area contributed by atoms with Crippen molar-refractivity contribution >= 4 is 27.6 Å². The Morgan fingerprint density at radius 3 is 2.29 bits per heavy atom. The minimum Gasteiger partial charge on any atom is -0.494 e. The Bertz CT molecular complexity index is 1360. The van der Waals surface area contributed by atoms with Gasteiger partial charge in [0.15, 0.2) is 11.6 Å². The summed E-state index contributed by atoms with van der Waals surface area (Å²) in [5.41, 5.74) is 0.0607. The van der Waals surface area contributed by atoms with E-state index < -0.39 is 27.5 Å². The summed E-state index contributed by atoms with van der Waals surface area (Å²) >= 11 is 5.89. The number of aromatic nitrogens is 5. The van der Waals surface area contributed by atoms with Gasteiger partial charge in [-0.05, 0) is 45.7 Å². The fraction of sp³-hybridized carbons (Fsp3) is 0.500. The third-order valence-electron chi connectivity index (χ3n) is 6.37. The summed E-state index contributed by atoms with van der Waals surface area (Å²) in [7, 11) is 0.289. The first-order valence-electron chi connectivity index (χ1n) is 11.9. The molecule has 0 amide bonds. The van der Waals surface area contributed by atoms with Crippen LogP contribution in [0, 0.1) is 0 Å². The number of halogens is 1. The van der Waals surface area contributed by atoms with E-state index in [9.17, 15) is 8.42 Å². The van der Waals surface area contributed by atoms with Crippen molar-refractivity contribution in [3.63, 3.8) is 0 Å². The van der Waals surface area contributed by atoms with E-state index in [0.29, 0.717) is 34.5 Å². The van der Waals surface area contributed by atoms with Crippen LogP contribution < -0.4 is 14.2 Å². The molecule has 3 heterocycles. The number of hydrogen-bond donors (Lipinski definition) is 1. The van der Waals surface area contributed by atoms with Crippen LogP contribution in [0.1, 0.15) is 57.5 Å². The first kappa shape index (κ1) is 28.0. The summed E-state index contributed by atoms with van der Waals surface area (Å²) in [5.74, 6) is 1.38. The maximum absolute atomic E-state index is 13.6. The zero-order chi connectivity index (χ0) is 27.7. The lowest BCUT2D eigenvalue weighted by Crippen LogP contribution is -2.33. The third-order valence-corrected chi connectivity index (χ3v) is 8.26. The Kier molecular flexibility index (Phi) is 8.12. The van der Waals surface area contributed by atoms with Crippen molar-refractivity contribution in [3.05, 3.63) is 47.3 Å². The zero-order valence-corrected chi connectivity index (χ0v) is 23.6. The van der Waals surface area contributed by atoms with Crippen molar-refractivity contribution in [2.45, 2.75) is 56.7 Å². The van der Waals surface area contributed by atoms with Crippen LogP contribution in [0.2, 0.25) is 5.02 Å². The molecule has 0 saturated carbocycles. The zero-order valence-electron chi connectivity index (χ0n) is 22.0. The Balaban J connectivity index is 1.79. The lowest BCUT2D eigenvalue weighted by molar-refractivity contribution is -0.0207. The average Bonchev–Trinajstić information content (AvgIpc) is 3.46. The molecule has 38 heavy (non-hydrogen) atoms. The van der Waals surface area contributed by atoms with Crippen molar-refractivity contribution < 1.29 is 27.4 Å². The first-order valence-corrected chi connectivity index (χ1v) is 13.8. The second-order valence-corrected chi connectivity index (χ2v) is 11.9. The molecule has 1 saturated heterocycles. The van der Waals surface area contributed by atoms with Crippen LogP contribution in [-0.2, 0) is 19.5 Å². The summed E-state index contributed by atoms with van der Waals surface area (Å²) in [6.07, 6.45) is 2.80. The Morgan fingerprint density at radius 2 is 1.76 bits per heavy atom. The van der Waals surface area contributed by atoms with Gasteiger partial charge in [0.1, 0.15) is 34.6 Å². The average molecular weight is 567 g/mol. The van der Waals surface area contributed by atoms with Gasteiger partial charge in [0.2, 0.25) is 16.0 Å². The van der Waals surface area contributed by atoms with Crippen LogP contribution in [0.5, 0.6) is 11.5 Å².